The van der Waals surface area contributed by atoms with Crippen LogP contribution in [0.2, 0.25) is 0 Å². The van der Waals surface area contributed by atoms with E-state index in [4.69, 9.17) is 10.5 Å². The SMILES string of the molecule is COC(=O)C(=N)c1ccccc1CO. The molecule has 0 aliphatic carbocycles. The average molecular weight is 193 g/mol. The van der Waals surface area contributed by atoms with Crippen molar-refractivity contribution in [2.24, 2.45) is 0 Å². The van der Waals surface area contributed by atoms with Gasteiger partial charge in [-0.3, -0.25) is 5.41 Å². The lowest BCUT2D eigenvalue weighted by Crippen LogP contribution is -2.17. The fraction of sp³-hybridized carbons (Fsp3) is 0.200. The van der Waals surface area contributed by atoms with E-state index in [1.807, 2.05) is 0 Å². The zero-order valence-electron chi connectivity index (χ0n) is 7.78. The number of esters is 1. The number of carbonyl (C=O) groups is 1. The molecule has 0 atom stereocenters. The molecule has 1 aromatic carbocycles. The Morgan fingerprint density at radius 1 is 1.50 bits per heavy atom. The number of nitrogens with one attached hydrogen (secondary N) is 1. The van der Waals surface area contributed by atoms with Gasteiger partial charge in [0, 0.05) is 5.56 Å². The normalized spacial score (nSPS) is 9.57. The van der Waals surface area contributed by atoms with Crippen molar-refractivity contribution in [3.63, 3.8) is 0 Å². The highest BCUT2D eigenvalue weighted by Crippen LogP contribution is 2.09. The molecular formula is C10H11NO3. The lowest BCUT2D eigenvalue weighted by molar-refractivity contribution is -0.132. The minimum atomic E-state index is -0.703. The van der Waals surface area contributed by atoms with Gasteiger partial charge in [-0.25, -0.2) is 4.79 Å². The summed E-state index contributed by atoms with van der Waals surface area (Å²) in [5, 5.41) is 16.5. The van der Waals surface area contributed by atoms with E-state index >= 15 is 0 Å². The van der Waals surface area contributed by atoms with E-state index in [-0.39, 0.29) is 12.3 Å². The van der Waals surface area contributed by atoms with Crippen molar-refractivity contribution in [2.45, 2.75) is 6.61 Å². The van der Waals surface area contributed by atoms with Crippen LogP contribution in [-0.2, 0) is 16.1 Å². The van der Waals surface area contributed by atoms with Crippen LogP contribution in [0.3, 0.4) is 0 Å². The number of ether oxygens (including phenoxy) is 1. The molecule has 0 amide bonds. The fourth-order valence-corrected chi connectivity index (χ4v) is 1.11. The van der Waals surface area contributed by atoms with E-state index in [0.717, 1.165) is 0 Å². The summed E-state index contributed by atoms with van der Waals surface area (Å²) in [6.45, 7) is -0.199. The highest BCUT2D eigenvalue weighted by Gasteiger charge is 2.14. The molecule has 0 heterocycles. The van der Waals surface area contributed by atoms with Gasteiger partial charge in [-0.1, -0.05) is 24.3 Å². The fourth-order valence-electron chi connectivity index (χ4n) is 1.11. The zero-order valence-corrected chi connectivity index (χ0v) is 7.78. The molecule has 2 N–H and O–H groups in total. The Hall–Kier alpha value is -1.68. The van der Waals surface area contributed by atoms with Gasteiger partial charge in [0.25, 0.3) is 0 Å². The number of rotatable bonds is 3. The second-order valence-corrected chi connectivity index (χ2v) is 2.68. The number of carbonyl (C=O) groups excluding carboxylic acids is 1. The van der Waals surface area contributed by atoms with E-state index in [1.54, 1.807) is 24.3 Å². The summed E-state index contributed by atoms with van der Waals surface area (Å²) in [5.41, 5.74) is 0.710. The van der Waals surface area contributed by atoms with Gasteiger partial charge < -0.3 is 9.84 Å². The lowest BCUT2D eigenvalue weighted by atomic mass is 10.0. The third-order valence-corrected chi connectivity index (χ3v) is 1.85. The maximum atomic E-state index is 11.1. The van der Waals surface area contributed by atoms with E-state index in [9.17, 15) is 4.79 Å². The first kappa shape index (κ1) is 10.4. The molecular weight excluding hydrogens is 182 g/mol. The molecule has 0 bridgehead atoms. The zero-order chi connectivity index (χ0) is 10.6. The molecule has 1 rings (SSSR count). The predicted molar refractivity (Wildman–Crippen MR) is 51.2 cm³/mol. The van der Waals surface area contributed by atoms with E-state index in [2.05, 4.69) is 4.74 Å². The van der Waals surface area contributed by atoms with Crippen LogP contribution in [0.1, 0.15) is 11.1 Å². The standard InChI is InChI=1S/C10H11NO3/c1-14-10(13)9(11)8-5-3-2-4-7(8)6-12/h2-5,11-12H,6H2,1H3. The topological polar surface area (TPSA) is 70.4 Å². The smallest absolute Gasteiger partial charge is 0.356 e. The third kappa shape index (κ3) is 1.97. The Morgan fingerprint density at radius 2 is 2.14 bits per heavy atom. The molecule has 0 saturated carbocycles. The van der Waals surface area contributed by atoms with Crippen LogP contribution in [-0.4, -0.2) is 23.9 Å². The number of benzene rings is 1. The van der Waals surface area contributed by atoms with Crippen LogP contribution < -0.4 is 0 Å². The Morgan fingerprint density at radius 3 is 2.71 bits per heavy atom. The van der Waals surface area contributed by atoms with Gasteiger partial charge in [0.15, 0.2) is 0 Å². The molecule has 1 aromatic rings. The summed E-state index contributed by atoms with van der Waals surface area (Å²) in [6.07, 6.45) is 0. The second-order valence-electron chi connectivity index (χ2n) is 2.68. The Balaban J connectivity index is 3.06. The Labute approximate surface area is 81.6 Å². The molecule has 0 spiro atoms. The summed E-state index contributed by atoms with van der Waals surface area (Å²) < 4.78 is 4.42. The maximum absolute atomic E-state index is 11.1. The van der Waals surface area contributed by atoms with Gasteiger partial charge in [-0.2, -0.15) is 0 Å². The largest absolute Gasteiger partial charge is 0.464 e. The first-order valence-electron chi connectivity index (χ1n) is 4.06. The molecule has 0 aliphatic heterocycles. The lowest BCUT2D eigenvalue weighted by Gasteiger charge is -2.06. The summed E-state index contributed by atoms with van der Waals surface area (Å²) in [4.78, 5) is 11.1. The van der Waals surface area contributed by atoms with Crippen LogP contribution in [0.25, 0.3) is 0 Å². The molecule has 0 saturated heterocycles. The average Bonchev–Trinajstić information content (AvgIpc) is 2.26. The van der Waals surface area contributed by atoms with Crippen molar-refractivity contribution in [1.82, 2.24) is 0 Å². The summed E-state index contributed by atoms with van der Waals surface area (Å²) in [5.74, 6) is -0.703. The number of methoxy groups -OCH3 is 1. The van der Waals surface area contributed by atoms with Gasteiger partial charge in [-0.05, 0) is 5.56 Å². The molecule has 14 heavy (non-hydrogen) atoms. The molecule has 0 aromatic heterocycles. The minimum Gasteiger partial charge on any atom is -0.464 e. The van der Waals surface area contributed by atoms with Gasteiger partial charge in [0.1, 0.15) is 5.71 Å². The molecule has 4 nitrogen and oxygen atoms in total. The summed E-state index contributed by atoms with van der Waals surface area (Å²) in [7, 11) is 1.22. The van der Waals surface area contributed by atoms with Crippen molar-refractivity contribution in [1.29, 1.82) is 5.41 Å². The van der Waals surface area contributed by atoms with E-state index in [1.165, 1.54) is 7.11 Å². The molecule has 0 fully saturated rings. The van der Waals surface area contributed by atoms with Crippen LogP contribution in [0.4, 0.5) is 0 Å². The van der Waals surface area contributed by atoms with Gasteiger partial charge >= 0.3 is 5.97 Å². The number of hydrogen-bond acceptors (Lipinski definition) is 4. The van der Waals surface area contributed by atoms with E-state index in [0.29, 0.717) is 11.1 Å². The van der Waals surface area contributed by atoms with E-state index < -0.39 is 5.97 Å². The number of aliphatic hydroxyl groups is 1. The van der Waals surface area contributed by atoms with Crippen LogP contribution in [0.5, 0.6) is 0 Å². The maximum Gasteiger partial charge on any atom is 0.356 e. The molecule has 4 heteroatoms. The van der Waals surface area contributed by atoms with Crippen LogP contribution >= 0.6 is 0 Å². The van der Waals surface area contributed by atoms with Gasteiger partial charge in [0.2, 0.25) is 0 Å². The number of hydrogen-bond donors (Lipinski definition) is 2. The van der Waals surface area contributed by atoms with Crippen molar-refractivity contribution in [3.05, 3.63) is 35.4 Å². The highest BCUT2D eigenvalue weighted by atomic mass is 16.5. The van der Waals surface area contributed by atoms with Gasteiger partial charge in [-0.15, -0.1) is 0 Å². The monoisotopic (exact) mass is 193 g/mol. The minimum absolute atomic E-state index is 0.199. The van der Waals surface area contributed by atoms with Crippen molar-refractivity contribution >= 4 is 11.7 Å². The predicted octanol–water partition coefficient (Wildman–Crippen LogP) is 0.720. The summed E-state index contributed by atoms with van der Waals surface area (Å²) in [6, 6.07) is 6.70. The summed E-state index contributed by atoms with van der Waals surface area (Å²) >= 11 is 0. The molecule has 0 aliphatic rings. The molecule has 74 valence electrons. The third-order valence-electron chi connectivity index (χ3n) is 1.85. The van der Waals surface area contributed by atoms with Crippen molar-refractivity contribution in [2.75, 3.05) is 7.11 Å². The van der Waals surface area contributed by atoms with Crippen molar-refractivity contribution in [3.8, 4) is 0 Å². The van der Waals surface area contributed by atoms with Crippen LogP contribution in [0, 0.1) is 5.41 Å². The highest BCUT2D eigenvalue weighted by molar-refractivity contribution is 6.42. The quantitative estimate of drug-likeness (QED) is 0.549. The first-order valence-corrected chi connectivity index (χ1v) is 4.06. The second kappa shape index (κ2) is 4.53. The number of aliphatic hydroxyl groups excluding tert-OH is 1. The van der Waals surface area contributed by atoms with Crippen molar-refractivity contribution < 1.29 is 14.6 Å². The first-order chi connectivity index (χ1) is 6.70. The Kier molecular flexibility index (Phi) is 3.36. The molecule has 0 unspecified atom stereocenters. The molecule has 0 radical (unpaired) electrons. The Bertz CT molecular complexity index is 360. The van der Waals surface area contributed by atoms with Gasteiger partial charge in [0.05, 0.1) is 13.7 Å². The van der Waals surface area contributed by atoms with Crippen LogP contribution in [0.15, 0.2) is 24.3 Å².